The summed E-state index contributed by atoms with van der Waals surface area (Å²) in [6.45, 7) is 9.23. The van der Waals surface area contributed by atoms with Crippen molar-refractivity contribution in [3.8, 4) is 0 Å². The third-order valence-electron chi connectivity index (χ3n) is 2.87. The monoisotopic (exact) mass is 287 g/mol. The van der Waals surface area contributed by atoms with E-state index in [9.17, 15) is 0 Å². The first-order valence-electron chi connectivity index (χ1n) is 6.62. The predicted octanol–water partition coefficient (Wildman–Crippen LogP) is 1.66. The Hall–Kier alpha value is -0.690. The van der Waals surface area contributed by atoms with E-state index in [0.29, 0.717) is 0 Å². The summed E-state index contributed by atoms with van der Waals surface area (Å²) in [4.78, 5) is 8.19. The van der Waals surface area contributed by atoms with Crippen LogP contribution in [0.5, 0.6) is 0 Å². The first-order valence-corrected chi connectivity index (χ1v) is 7.44. The molecule has 1 aromatic rings. The summed E-state index contributed by atoms with van der Waals surface area (Å²) in [5, 5.41) is 4.44. The summed E-state index contributed by atoms with van der Waals surface area (Å²) in [5.41, 5.74) is 1.11. The highest BCUT2D eigenvalue weighted by Crippen LogP contribution is 2.25. The minimum Gasteiger partial charge on any atom is -0.383 e. The Kier molecular flexibility index (Phi) is 7.97. The van der Waals surface area contributed by atoms with Crippen LogP contribution < -0.4 is 10.2 Å². The van der Waals surface area contributed by atoms with Crippen molar-refractivity contribution in [1.29, 1.82) is 0 Å². The molecule has 0 aliphatic heterocycles. The zero-order valence-corrected chi connectivity index (χ0v) is 13.2. The van der Waals surface area contributed by atoms with Crippen molar-refractivity contribution < 1.29 is 9.47 Å². The van der Waals surface area contributed by atoms with E-state index < -0.39 is 0 Å². The third-order valence-corrected chi connectivity index (χ3v) is 4.09. The molecule has 0 radical (unpaired) electrons. The highest BCUT2D eigenvalue weighted by Gasteiger charge is 2.12. The van der Waals surface area contributed by atoms with E-state index in [4.69, 9.17) is 9.47 Å². The number of rotatable bonds is 10. The number of ether oxygens (including phenoxy) is 2. The van der Waals surface area contributed by atoms with Gasteiger partial charge in [0.2, 0.25) is 0 Å². The molecule has 0 saturated carbocycles. The van der Waals surface area contributed by atoms with Crippen LogP contribution in [0.2, 0.25) is 0 Å². The number of thiazole rings is 1. The predicted molar refractivity (Wildman–Crippen MR) is 80.2 cm³/mol. The molecule has 110 valence electrons. The van der Waals surface area contributed by atoms with Gasteiger partial charge in [0.15, 0.2) is 5.13 Å². The Morgan fingerprint density at radius 1 is 1.26 bits per heavy atom. The molecule has 1 aromatic heterocycles. The van der Waals surface area contributed by atoms with E-state index >= 15 is 0 Å². The van der Waals surface area contributed by atoms with Gasteiger partial charge in [0, 0.05) is 45.3 Å². The number of hydrogen-bond donors (Lipinski definition) is 1. The van der Waals surface area contributed by atoms with Crippen molar-refractivity contribution in [2.24, 2.45) is 0 Å². The molecule has 0 aliphatic rings. The van der Waals surface area contributed by atoms with Gasteiger partial charge in [-0.05, 0) is 13.8 Å². The number of hydrogen-bond acceptors (Lipinski definition) is 6. The molecule has 0 fully saturated rings. The molecule has 1 heterocycles. The topological polar surface area (TPSA) is 46.6 Å². The van der Waals surface area contributed by atoms with Crippen LogP contribution in [-0.4, -0.2) is 52.1 Å². The standard InChI is InChI=1S/C13H25N3O2S/c1-5-16(7-9-18-4)13-15-11(2)12(19-13)10-14-6-8-17-3/h14H,5-10H2,1-4H3. The minimum atomic E-state index is 0.730. The van der Waals surface area contributed by atoms with Gasteiger partial charge in [-0.15, -0.1) is 11.3 Å². The van der Waals surface area contributed by atoms with Gasteiger partial charge in [0.05, 0.1) is 18.9 Å². The molecule has 1 N–H and O–H groups in total. The maximum atomic E-state index is 5.13. The fraction of sp³-hybridized carbons (Fsp3) is 0.769. The van der Waals surface area contributed by atoms with Gasteiger partial charge in [0.25, 0.3) is 0 Å². The second kappa shape index (κ2) is 9.25. The van der Waals surface area contributed by atoms with Gasteiger partial charge in [0.1, 0.15) is 0 Å². The van der Waals surface area contributed by atoms with Crippen LogP contribution >= 0.6 is 11.3 Å². The normalized spacial score (nSPS) is 10.9. The van der Waals surface area contributed by atoms with Crippen molar-refractivity contribution in [2.45, 2.75) is 20.4 Å². The molecule has 0 atom stereocenters. The second-order valence-corrected chi connectivity index (χ2v) is 5.31. The van der Waals surface area contributed by atoms with Crippen molar-refractivity contribution in [2.75, 3.05) is 52.0 Å². The molecule has 0 bridgehead atoms. The maximum absolute atomic E-state index is 5.13. The maximum Gasteiger partial charge on any atom is 0.185 e. The first kappa shape index (κ1) is 16.4. The molecule has 0 spiro atoms. The Morgan fingerprint density at radius 2 is 2.00 bits per heavy atom. The van der Waals surface area contributed by atoms with Crippen LogP contribution in [0.15, 0.2) is 0 Å². The molecule has 0 aliphatic carbocycles. The number of nitrogens with zero attached hydrogens (tertiary/aromatic N) is 2. The van der Waals surface area contributed by atoms with Crippen LogP contribution in [0.25, 0.3) is 0 Å². The molecule has 1 rings (SSSR count). The smallest absolute Gasteiger partial charge is 0.185 e. The lowest BCUT2D eigenvalue weighted by atomic mass is 10.4. The summed E-state index contributed by atoms with van der Waals surface area (Å²) in [6.07, 6.45) is 0. The summed E-state index contributed by atoms with van der Waals surface area (Å²) >= 11 is 1.76. The van der Waals surface area contributed by atoms with Crippen molar-refractivity contribution >= 4 is 16.5 Å². The first-order chi connectivity index (χ1) is 9.22. The van der Waals surface area contributed by atoms with Crippen LogP contribution in [0.4, 0.5) is 5.13 Å². The van der Waals surface area contributed by atoms with E-state index in [1.54, 1.807) is 25.6 Å². The summed E-state index contributed by atoms with van der Waals surface area (Å²) in [6, 6.07) is 0. The number of methoxy groups -OCH3 is 2. The molecular formula is C13H25N3O2S. The van der Waals surface area contributed by atoms with E-state index in [1.807, 2.05) is 0 Å². The summed E-state index contributed by atoms with van der Waals surface area (Å²) in [7, 11) is 3.44. The zero-order chi connectivity index (χ0) is 14.1. The molecule has 0 unspecified atom stereocenters. The zero-order valence-electron chi connectivity index (χ0n) is 12.4. The largest absolute Gasteiger partial charge is 0.383 e. The average Bonchev–Trinajstić information content (AvgIpc) is 2.77. The lowest BCUT2D eigenvalue weighted by molar-refractivity contribution is 0.199. The molecular weight excluding hydrogens is 262 g/mol. The quantitative estimate of drug-likeness (QED) is 0.663. The molecule has 0 aromatic carbocycles. The van der Waals surface area contributed by atoms with Crippen molar-refractivity contribution in [1.82, 2.24) is 10.3 Å². The van der Waals surface area contributed by atoms with Gasteiger partial charge in [-0.1, -0.05) is 0 Å². The molecule has 0 amide bonds. The Bertz CT molecular complexity index is 358. The van der Waals surface area contributed by atoms with Crippen LogP contribution in [0, 0.1) is 6.92 Å². The highest BCUT2D eigenvalue weighted by molar-refractivity contribution is 7.15. The minimum absolute atomic E-state index is 0.730. The van der Waals surface area contributed by atoms with Crippen LogP contribution in [-0.2, 0) is 16.0 Å². The average molecular weight is 287 g/mol. The molecule has 19 heavy (non-hydrogen) atoms. The van der Waals surface area contributed by atoms with Crippen LogP contribution in [0.1, 0.15) is 17.5 Å². The van der Waals surface area contributed by atoms with E-state index in [1.165, 1.54) is 4.88 Å². The Balaban J connectivity index is 2.55. The van der Waals surface area contributed by atoms with Gasteiger partial charge < -0.3 is 19.7 Å². The van der Waals surface area contributed by atoms with Crippen molar-refractivity contribution in [3.05, 3.63) is 10.6 Å². The molecule has 0 saturated heterocycles. The van der Waals surface area contributed by atoms with Gasteiger partial charge in [-0.2, -0.15) is 0 Å². The van der Waals surface area contributed by atoms with Gasteiger partial charge >= 0.3 is 0 Å². The number of nitrogens with one attached hydrogen (secondary N) is 1. The van der Waals surface area contributed by atoms with Gasteiger partial charge in [-0.25, -0.2) is 4.98 Å². The molecule has 5 nitrogen and oxygen atoms in total. The summed E-state index contributed by atoms with van der Waals surface area (Å²) < 4.78 is 10.2. The number of aromatic nitrogens is 1. The number of likely N-dealkylation sites (N-methyl/N-ethyl adjacent to an activating group) is 1. The Morgan fingerprint density at radius 3 is 2.63 bits per heavy atom. The van der Waals surface area contributed by atoms with Crippen molar-refractivity contribution in [3.63, 3.8) is 0 Å². The van der Waals surface area contributed by atoms with Gasteiger partial charge in [-0.3, -0.25) is 0 Å². The number of aryl methyl sites for hydroxylation is 1. The van der Waals surface area contributed by atoms with E-state index in [-0.39, 0.29) is 0 Å². The fourth-order valence-corrected chi connectivity index (χ4v) is 2.80. The number of anilines is 1. The second-order valence-electron chi connectivity index (χ2n) is 4.25. The lowest BCUT2D eigenvalue weighted by Crippen LogP contribution is -2.26. The molecule has 6 heteroatoms. The third kappa shape index (κ3) is 5.44. The highest BCUT2D eigenvalue weighted by atomic mass is 32.1. The lowest BCUT2D eigenvalue weighted by Gasteiger charge is -2.18. The van der Waals surface area contributed by atoms with Crippen LogP contribution in [0.3, 0.4) is 0 Å². The van der Waals surface area contributed by atoms with E-state index in [2.05, 4.69) is 29.0 Å². The summed E-state index contributed by atoms with van der Waals surface area (Å²) in [5.74, 6) is 0. The Labute approximate surface area is 119 Å². The van der Waals surface area contributed by atoms with E-state index in [0.717, 1.165) is 50.2 Å². The SMILES string of the molecule is CCN(CCOC)c1nc(C)c(CNCCOC)s1. The fourth-order valence-electron chi connectivity index (χ4n) is 1.68.